The van der Waals surface area contributed by atoms with E-state index in [9.17, 15) is 0 Å². The zero-order valence-electron chi connectivity index (χ0n) is 13.1. The quantitative estimate of drug-likeness (QED) is 0.474. The van der Waals surface area contributed by atoms with Crippen LogP contribution in [0.25, 0.3) is 0 Å². The van der Waals surface area contributed by atoms with Gasteiger partial charge in [0.25, 0.3) is 0 Å². The number of hydrogen-bond acceptors (Lipinski definition) is 3. The van der Waals surface area contributed by atoms with E-state index in [0.717, 1.165) is 0 Å². The van der Waals surface area contributed by atoms with Gasteiger partial charge in [-0.25, -0.2) is 0 Å². The predicted octanol–water partition coefficient (Wildman–Crippen LogP) is 2.78. The molecule has 0 bridgehead atoms. The molecule has 0 aliphatic heterocycles. The standard InChI is InChI=1S/C4H9.3C3H8O.Ti/c1-4(2)3;3*1-3(2)4;/h1-3H3;3*3-4H,1-2H3;/q-1;;;;. The van der Waals surface area contributed by atoms with E-state index in [1.54, 1.807) is 41.5 Å². The largest absolute Gasteiger partial charge is 0.394 e. The van der Waals surface area contributed by atoms with Crippen molar-refractivity contribution in [2.75, 3.05) is 0 Å². The minimum Gasteiger partial charge on any atom is -0.394 e. The molecular formula is C13H33O3Ti-. The Kier molecular flexibility index (Phi) is 45.7. The van der Waals surface area contributed by atoms with Crippen molar-refractivity contribution in [3.63, 3.8) is 0 Å². The number of aliphatic hydroxyl groups is 3. The first-order chi connectivity index (χ1) is 6.93. The number of aliphatic hydroxyl groups excluding tert-OH is 3. The Morgan fingerprint density at radius 2 is 0.588 bits per heavy atom. The summed E-state index contributed by atoms with van der Waals surface area (Å²) in [6, 6.07) is 0. The first-order valence-electron chi connectivity index (χ1n) is 5.74. The van der Waals surface area contributed by atoms with Gasteiger partial charge in [0, 0.05) is 40.0 Å². The molecule has 0 heterocycles. The van der Waals surface area contributed by atoms with Crippen molar-refractivity contribution in [1.82, 2.24) is 0 Å². The summed E-state index contributed by atoms with van der Waals surface area (Å²) in [5.41, 5.74) is 0. The number of hydrogen-bond donors (Lipinski definition) is 3. The van der Waals surface area contributed by atoms with E-state index in [-0.39, 0.29) is 40.0 Å². The van der Waals surface area contributed by atoms with Crippen molar-refractivity contribution in [3.05, 3.63) is 5.92 Å². The minimum atomic E-state index is -0.167. The Morgan fingerprint density at radius 3 is 0.588 bits per heavy atom. The Morgan fingerprint density at radius 1 is 0.588 bits per heavy atom. The van der Waals surface area contributed by atoms with Gasteiger partial charge >= 0.3 is 0 Å². The summed E-state index contributed by atoms with van der Waals surface area (Å²) in [4.78, 5) is 0. The fourth-order valence-electron chi connectivity index (χ4n) is 0. The summed E-state index contributed by atoms with van der Waals surface area (Å²) >= 11 is 0. The van der Waals surface area contributed by atoms with Gasteiger partial charge in [-0.15, -0.1) is 0 Å². The SMILES string of the molecule is CC(C)O.CC(C)O.CC(C)O.C[C-](C)C.[Ti]. The van der Waals surface area contributed by atoms with Crippen LogP contribution in [0.4, 0.5) is 0 Å². The summed E-state index contributed by atoms with van der Waals surface area (Å²) in [7, 11) is 0. The van der Waals surface area contributed by atoms with Gasteiger partial charge in [-0.05, 0) is 41.5 Å². The molecule has 0 aromatic rings. The van der Waals surface area contributed by atoms with Crippen LogP contribution in [-0.4, -0.2) is 33.6 Å². The third kappa shape index (κ3) is 10000. The van der Waals surface area contributed by atoms with Crippen LogP contribution in [0.3, 0.4) is 0 Å². The molecule has 0 saturated heterocycles. The van der Waals surface area contributed by atoms with E-state index in [0.29, 0.717) is 0 Å². The van der Waals surface area contributed by atoms with Crippen LogP contribution < -0.4 is 0 Å². The minimum absolute atomic E-state index is 0. The van der Waals surface area contributed by atoms with Crippen molar-refractivity contribution in [3.8, 4) is 0 Å². The first-order valence-corrected chi connectivity index (χ1v) is 5.74. The van der Waals surface area contributed by atoms with E-state index >= 15 is 0 Å². The Balaban J connectivity index is -0.0000000369. The smallest absolute Gasteiger partial charge is 0.0483 e. The van der Waals surface area contributed by atoms with Gasteiger partial charge in [0.2, 0.25) is 0 Å². The third-order valence-corrected chi connectivity index (χ3v) is 0. The molecule has 4 heteroatoms. The summed E-state index contributed by atoms with van der Waals surface area (Å²) in [6.07, 6.45) is -0.500. The maximum absolute atomic E-state index is 8.06. The van der Waals surface area contributed by atoms with E-state index in [1.807, 2.05) is 0 Å². The predicted molar refractivity (Wildman–Crippen MR) is 72.3 cm³/mol. The molecule has 0 radical (unpaired) electrons. The van der Waals surface area contributed by atoms with Gasteiger partial charge in [-0.3, -0.25) is 0 Å². The molecule has 0 atom stereocenters. The van der Waals surface area contributed by atoms with Crippen LogP contribution in [-0.2, 0) is 21.7 Å². The van der Waals surface area contributed by atoms with Gasteiger partial charge in [0.05, 0.1) is 0 Å². The molecule has 0 rings (SSSR count). The average Bonchev–Trinajstić information content (AvgIpc) is 1.76. The topological polar surface area (TPSA) is 60.7 Å². The van der Waals surface area contributed by atoms with Crippen molar-refractivity contribution >= 4 is 0 Å². The summed E-state index contributed by atoms with van der Waals surface area (Å²) in [6.45, 7) is 16.6. The van der Waals surface area contributed by atoms with Crippen LogP contribution >= 0.6 is 0 Å². The fourth-order valence-corrected chi connectivity index (χ4v) is 0. The van der Waals surface area contributed by atoms with E-state index < -0.39 is 0 Å². The van der Waals surface area contributed by atoms with Crippen molar-refractivity contribution in [2.45, 2.75) is 80.6 Å². The molecule has 3 N–H and O–H groups in total. The fraction of sp³-hybridized carbons (Fsp3) is 0.923. The van der Waals surface area contributed by atoms with Gasteiger partial charge in [-0.1, -0.05) is 0 Å². The van der Waals surface area contributed by atoms with Gasteiger partial charge in [-0.2, -0.15) is 20.8 Å². The molecule has 0 aromatic carbocycles. The maximum Gasteiger partial charge on any atom is 0.0483 e. The van der Waals surface area contributed by atoms with Crippen LogP contribution in [0.2, 0.25) is 0 Å². The molecule has 3 nitrogen and oxygen atoms in total. The molecule has 17 heavy (non-hydrogen) atoms. The van der Waals surface area contributed by atoms with Crippen LogP contribution in [0.1, 0.15) is 62.3 Å². The van der Waals surface area contributed by atoms with Crippen LogP contribution in [0.5, 0.6) is 0 Å². The van der Waals surface area contributed by atoms with Gasteiger partial charge in [0.1, 0.15) is 0 Å². The Labute approximate surface area is 124 Å². The molecule has 0 aliphatic carbocycles. The molecule has 0 aliphatic rings. The third-order valence-electron chi connectivity index (χ3n) is 0. The molecule has 0 fully saturated rings. The van der Waals surface area contributed by atoms with Crippen LogP contribution in [0, 0.1) is 5.92 Å². The van der Waals surface area contributed by atoms with Crippen molar-refractivity contribution < 1.29 is 37.0 Å². The average molecular weight is 285 g/mol. The normalized spacial score (nSPS) is 8.47. The first kappa shape index (κ1) is 30.5. The summed E-state index contributed by atoms with van der Waals surface area (Å²) in [5.74, 6) is 1.42. The van der Waals surface area contributed by atoms with E-state index in [4.69, 9.17) is 15.3 Å². The second kappa shape index (κ2) is 25.4. The van der Waals surface area contributed by atoms with E-state index in [1.165, 1.54) is 5.92 Å². The van der Waals surface area contributed by atoms with Gasteiger partial charge in [0.15, 0.2) is 0 Å². The summed E-state index contributed by atoms with van der Waals surface area (Å²) < 4.78 is 0. The maximum atomic E-state index is 8.06. The zero-order valence-corrected chi connectivity index (χ0v) is 14.6. The molecule has 0 aromatic heterocycles. The zero-order chi connectivity index (χ0) is 14.3. The molecule has 108 valence electrons. The van der Waals surface area contributed by atoms with Gasteiger partial charge < -0.3 is 21.2 Å². The molecule has 0 unspecified atom stereocenters. The Hall–Kier alpha value is 0.594. The molecule has 0 saturated carbocycles. The van der Waals surface area contributed by atoms with Crippen molar-refractivity contribution in [2.24, 2.45) is 0 Å². The molecule has 0 amide bonds. The summed E-state index contributed by atoms with van der Waals surface area (Å²) in [5, 5.41) is 24.2. The van der Waals surface area contributed by atoms with E-state index in [2.05, 4.69) is 20.8 Å². The second-order valence-corrected chi connectivity index (χ2v) is 4.78. The Bertz CT molecular complexity index is 59.6. The number of rotatable bonds is 0. The molecule has 0 spiro atoms. The monoisotopic (exact) mass is 285 g/mol. The second-order valence-electron chi connectivity index (χ2n) is 4.78. The van der Waals surface area contributed by atoms with Crippen LogP contribution in [0.15, 0.2) is 0 Å². The van der Waals surface area contributed by atoms with Crippen molar-refractivity contribution in [1.29, 1.82) is 0 Å². The molecular weight excluding hydrogens is 252 g/mol.